The van der Waals surface area contributed by atoms with Gasteiger partial charge in [-0.15, -0.1) is 0 Å². The summed E-state index contributed by atoms with van der Waals surface area (Å²) < 4.78 is 7.68. The Balaban J connectivity index is 1.37. The monoisotopic (exact) mass is 472 g/mol. The molecule has 35 heavy (non-hydrogen) atoms. The van der Waals surface area contributed by atoms with E-state index in [0.717, 1.165) is 22.9 Å². The molecule has 1 atom stereocenters. The van der Waals surface area contributed by atoms with Crippen LogP contribution in [0.2, 0.25) is 0 Å². The minimum Gasteiger partial charge on any atom is -0.468 e. The normalized spacial score (nSPS) is 14.6. The average molecular weight is 473 g/mol. The van der Waals surface area contributed by atoms with E-state index in [1.807, 2.05) is 56.0 Å². The number of pyridine rings is 3. The molecule has 1 amide bonds. The third-order valence-electron chi connectivity index (χ3n) is 6.07. The molecule has 180 valence electrons. The van der Waals surface area contributed by atoms with Crippen molar-refractivity contribution in [3.63, 3.8) is 0 Å². The molecule has 0 fully saturated rings. The van der Waals surface area contributed by atoms with Crippen LogP contribution >= 0.6 is 0 Å². The number of hydrogen-bond acceptors (Lipinski definition) is 8. The van der Waals surface area contributed by atoms with Gasteiger partial charge in [0.25, 0.3) is 0 Å². The Bertz CT molecular complexity index is 1370. The van der Waals surface area contributed by atoms with Crippen molar-refractivity contribution in [2.45, 2.75) is 45.9 Å². The third-order valence-corrected chi connectivity index (χ3v) is 6.07. The van der Waals surface area contributed by atoms with Gasteiger partial charge in [0.1, 0.15) is 24.3 Å². The van der Waals surface area contributed by atoms with Gasteiger partial charge in [-0.05, 0) is 44.4 Å². The van der Waals surface area contributed by atoms with Crippen molar-refractivity contribution in [1.82, 2.24) is 29.6 Å². The molecule has 0 bridgehead atoms. The van der Waals surface area contributed by atoms with E-state index in [2.05, 4.69) is 25.4 Å². The SMILES string of the molecule is CC(C)N1CCc2cc(Nc3cc4cc([C@@H](C)Oc5ccccn5)nc(N)c4cn3)nn2CC1=O. The molecule has 1 aliphatic heterocycles. The average Bonchev–Trinajstić information content (AvgIpc) is 3.12. The molecule has 0 spiro atoms. The van der Waals surface area contributed by atoms with E-state index >= 15 is 0 Å². The number of anilines is 3. The molecule has 10 nitrogen and oxygen atoms in total. The third kappa shape index (κ3) is 4.72. The van der Waals surface area contributed by atoms with Crippen molar-refractivity contribution >= 4 is 34.1 Å². The highest BCUT2D eigenvalue weighted by molar-refractivity contribution is 5.92. The molecule has 0 unspecified atom stereocenters. The summed E-state index contributed by atoms with van der Waals surface area (Å²) in [6.45, 7) is 6.89. The van der Waals surface area contributed by atoms with E-state index in [-0.39, 0.29) is 24.6 Å². The summed E-state index contributed by atoms with van der Waals surface area (Å²) in [7, 11) is 0. The Morgan fingerprint density at radius 2 is 1.97 bits per heavy atom. The molecular weight excluding hydrogens is 444 g/mol. The summed E-state index contributed by atoms with van der Waals surface area (Å²) >= 11 is 0. The molecule has 0 aliphatic carbocycles. The number of carbonyl (C=O) groups excluding carboxylic acids is 1. The molecule has 5 heterocycles. The van der Waals surface area contributed by atoms with Crippen LogP contribution in [0, 0.1) is 0 Å². The fourth-order valence-corrected chi connectivity index (χ4v) is 4.24. The van der Waals surface area contributed by atoms with Gasteiger partial charge in [-0.2, -0.15) is 5.10 Å². The Morgan fingerprint density at radius 3 is 2.74 bits per heavy atom. The zero-order valence-corrected chi connectivity index (χ0v) is 20.0. The second-order valence-corrected chi connectivity index (χ2v) is 8.89. The maximum absolute atomic E-state index is 12.6. The van der Waals surface area contributed by atoms with Crippen LogP contribution < -0.4 is 15.8 Å². The Kier molecular flexibility index (Phi) is 5.94. The molecule has 3 N–H and O–H groups in total. The predicted molar refractivity (Wildman–Crippen MR) is 133 cm³/mol. The second-order valence-electron chi connectivity index (χ2n) is 8.89. The fraction of sp³-hybridized carbons (Fsp3) is 0.320. The first kappa shape index (κ1) is 22.6. The second kappa shape index (κ2) is 9.21. The Hall–Kier alpha value is -4.21. The van der Waals surface area contributed by atoms with Gasteiger partial charge in [-0.25, -0.2) is 15.0 Å². The number of hydrogen-bond donors (Lipinski definition) is 2. The highest BCUT2D eigenvalue weighted by atomic mass is 16.5. The smallest absolute Gasteiger partial charge is 0.244 e. The van der Waals surface area contributed by atoms with E-state index in [9.17, 15) is 4.79 Å². The van der Waals surface area contributed by atoms with E-state index in [0.29, 0.717) is 35.6 Å². The van der Waals surface area contributed by atoms with E-state index < -0.39 is 0 Å². The Labute approximate surface area is 203 Å². The first-order valence-electron chi connectivity index (χ1n) is 11.6. The van der Waals surface area contributed by atoms with Crippen molar-refractivity contribution in [1.29, 1.82) is 0 Å². The lowest BCUT2D eigenvalue weighted by molar-refractivity contribution is -0.133. The molecule has 4 aromatic heterocycles. The summed E-state index contributed by atoms with van der Waals surface area (Å²) in [5, 5.41) is 9.49. The summed E-state index contributed by atoms with van der Waals surface area (Å²) in [5.41, 5.74) is 7.93. The number of amides is 1. The van der Waals surface area contributed by atoms with Gasteiger partial charge in [0.15, 0.2) is 5.82 Å². The minimum absolute atomic E-state index is 0.0785. The fourth-order valence-electron chi connectivity index (χ4n) is 4.24. The van der Waals surface area contributed by atoms with E-state index in [4.69, 9.17) is 10.5 Å². The van der Waals surface area contributed by atoms with Crippen molar-refractivity contribution in [3.05, 3.63) is 60.2 Å². The molecule has 0 aromatic carbocycles. The summed E-state index contributed by atoms with van der Waals surface area (Å²) in [4.78, 5) is 27.6. The quantitative estimate of drug-likeness (QED) is 0.437. The van der Waals surface area contributed by atoms with Gasteiger partial charge in [-0.3, -0.25) is 9.48 Å². The van der Waals surface area contributed by atoms with E-state index in [1.54, 1.807) is 23.1 Å². The van der Waals surface area contributed by atoms with Crippen LogP contribution in [0.1, 0.15) is 38.3 Å². The molecule has 0 radical (unpaired) electrons. The number of nitrogens with zero attached hydrogens (tertiary/aromatic N) is 6. The molecule has 0 saturated carbocycles. The van der Waals surface area contributed by atoms with Gasteiger partial charge in [0.05, 0.1) is 5.69 Å². The highest BCUT2D eigenvalue weighted by Crippen LogP contribution is 2.28. The topological polar surface area (TPSA) is 124 Å². The number of rotatable bonds is 6. The minimum atomic E-state index is -0.340. The first-order valence-corrected chi connectivity index (χ1v) is 11.6. The molecule has 0 saturated heterocycles. The molecule has 10 heteroatoms. The summed E-state index contributed by atoms with van der Waals surface area (Å²) in [5.74, 6) is 2.25. The molecule has 4 aromatic rings. The number of ether oxygens (including phenoxy) is 1. The van der Waals surface area contributed by atoms with Gasteiger partial charge in [0.2, 0.25) is 11.8 Å². The summed E-state index contributed by atoms with van der Waals surface area (Å²) in [6.07, 6.45) is 3.79. The van der Waals surface area contributed by atoms with Crippen LogP contribution in [0.15, 0.2) is 48.8 Å². The van der Waals surface area contributed by atoms with Crippen LogP contribution in [0.4, 0.5) is 17.5 Å². The number of nitrogens with one attached hydrogen (secondary N) is 1. The largest absolute Gasteiger partial charge is 0.468 e. The lowest BCUT2D eigenvalue weighted by Crippen LogP contribution is -2.38. The van der Waals surface area contributed by atoms with Gasteiger partial charge >= 0.3 is 0 Å². The number of carbonyl (C=O) groups is 1. The van der Waals surface area contributed by atoms with Crippen molar-refractivity contribution in [3.8, 4) is 5.88 Å². The maximum atomic E-state index is 12.6. The standard InChI is InChI=1S/C25H28N8O2/c1-15(2)32-9-7-18-12-22(31-33(18)14-24(32)34)30-21-11-17-10-20(29-25(26)19(17)13-28-21)16(3)35-23-6-4-5-8-27-23/h4-6,8,10-13,15-16H,7,9,14H2,1-3H3,(H2,26,29)(H,28,30,31)/t16-/m1/s1. The molecular formula is C25H28N8O2. The number of aromatic nitrogens is 5. The zero-order valence-electron chi connectivity index (χ0n) is 20.0. The van der Waals surface area contributed by atoms with Gasteiger partial charge < -0.3 is 20.7 Å². The van der Waals surface area contributed by atoms with Gasteiger partial charge in [-0.1, -0.05) is 6.07 Å². The zero-order chi connectivity index (χ0) is 24.5. The molecule has 1 aliphatic rings. The Morgan fingerprint density at radius 1 is 1.11 bits per heavy atom. The van der Waals surface area contributed by atoms with Crippen LogP contribution in [-0.2, 0) is 17.8 Å². The number of nitrogen functional groups attached to an aromatic ring is 1. The van der Waals surface area contributed by atoms with Crippen molar-refractivity contribution < 1.29 is 9.53 Å². The number of fused-ring (bicyclic) bond motifs is 2. The van der Waals surface area contributed by atoms with Crippen LogP contribution in [0.5, 0.6) is 5.88 Å². The first-order chi connectivity index (χ1) is 16.9. The van der Waals surface area contributed by atoms with E-state index in [1.165, 1.54) is 0 Å². The van der Waals surface area contributed by atoms with Crippen LogP contribution in [0.3, 0.4) is 0 Å². The lowest BCUT2D eigenvalue weighted by atomic mass is 10.1. The van der Waals surface area contributed by atoms with Crippen LogP contribution in [0.25, 0.3) is 10.8 Å². The predicted octanol–water partition coefficient (Wildman–Crippen LogP) is 3.48. The van der Waals surface area contributed by atoms with Crippen molar-refractivity contribution in [2.24, 2.45) is 0 Å². The van der Waals surface area contributed by atoms with Gasteiger partial charge in [0, 0.05) is 54.6 Å². The summed E-state index contributed by atoms with van der Waals surface area (Å²) in [6, 6.07) is 11.5. The highest BCUT2D eigenvalue weighted by Gasteiger charge is 2.24. The van der Waals surface area contributed by atoms with Crippen LogP contribution in [-0.4, -0.2) is 48.1 Å². The van der Waals surface area contributed by atoms with Crippen molar-refractivity contribution in [2.75, 3.05) is 17.6 Å². The molecule has 5 rings (SSSR count). The lowest BCUT2D eigenvalue weighted by Gasteiger charge is -2.24. The maximum Gasteiger partial charge on any atom is 0.244 e. The number of nitrogens with two attached hydrogens (primary N) is 1.